The number of amides is 1. The van der Waals surface area contributed by atoms with Gasteiger partial charge in [-0.3, -0.25) is 9.59 Å². The highest BCUT2D eigenvalue weighted by molar-refractivity contribution is 5.90. The van der Waals surface area contributed by atoms with Gasteiger partial charge in [-0.05, 0) is 75.9 Å². The van der Waals surface area contributed by atoms with E-state index in [9.17, 15) is 9.59 Å². The van der Waals surface area contributed by atoms with Crippen molar-refractivity contribution >= 4 is 17.1 Å². The first-order valence-electron chi connectivity index (χ1n) is 12.2. The van der Waals surface area contributed by atoms with Crippen LogP contribution in [0.5, 0.6) is 5.75 Å². The minimum atomic E-state index is -0.250. The van der Waals surface area contributed by atoms with Crippen LogP contribution in [0.2, 0.25) is 0 Å². The second kappa shape index (κ2) is 9.66. The van der Waals surface area contributed by atoms with Crippen molar-refractivity contribution in [2.75, 3.05) is 26.7 Å². The van der Waals surface area contributed by atoms with Crippen molar-refractivity contribution in [2.45, 2.75) is 51.5 Å². The Balaban J connectivity index is 1.39. The lowest BCUT2D eigenvalue weighted by Gasteiger charge is -2.44. The molecule has 7 nitrogen and oxygen atoms in total. The number of benzene rings is 1. The second-order valence-corrected chi connectivity index (χ2v) is 9.50. The normalized spacial score (nSPS) is 20.8. The van der Waals surface area contributed by atoms with Gasteiger partial charge in [0, 0.05) is 24.2 Å². The third-order valence-electron chi connectivity index (χ3n) is 7.26. The van der Waals surface area contributed by atoms with Gasteiger partial charge < -0.3 is 23.8 Å². The first kappa shape index (κ1) is 22.7. The van der Waals surface area contributed by atoms with E-state index in [4.69, 9.17) is 13.6 Å². The van der Waals surface area contributed by atoms with E-state index in [0.717, 1.165) is 12.0 Å². The van der Waals surface area contributed by atoms with E-state index >= 15 is 0 Å². The molecule has 1 amide bonds. The highest BCUT2D eigenvalue weighted by Gasteiger charge is 2.33. The molecule has 3 aromatic rings. The molecule has 1 aromatic carbocycles. The summed E-state index contributed by atoms with van der Waals surface area (Å²) < 4.78 is 17.1. The number of methoxy groups -OCH3 is 1. The highest BCUT2D eigenvalue weighted by Crippen LogP contribution is 2.34. The van der Waals surface area contributed by atoms with E-state index in [1.807, 2.05) is 24.3 Å². The van der Waals surface area contributed by atoms with E-state index in [2.05, 4.69) is 10.2 Å². The van der Waals surface area contributed by atoms with Crippen molar-refractivity contribution < 1.29 is 18.4 Å². The zero-order valence-electron chi connectivity index (χ0n) is 19.9. The molecule has 2 fully saturated rings. The summed E-state index contributed by atoms with van der Waals surface area (Å²) in [6.07, 6.45) is 6.20. The number of piperidine rings is 2. The fraction of sp³-hybridized carbons (Fsp3) is 0.481. The Morgan fingerprint density at radius 2 is 1.88 bits per heavy atom. The summed E-state index contributed by atoms with van der Waals surface area (Å²) in [5.74, 6) is 2.08. The smallest absolute Gasteiger partial charge is 0.228 e. The Labute approximate surface area is 199 Å². The first-order chi connectivity index (χ1) is 16.5. The Kier molecular flexibility index (Phi) is 6.46. The number of carbonyl (C=O) groups excluding carboxylic acids is 1. The average molecular weight is 465 g/mol. The molecule has 2 aliphatic heterocycles. The van der Waals surface area contributed by atoms with Gasteiger partial charge in [0.25, 0.3) is 0 Å². The lowest BCUT2D eigenvalue weighted by molar-refractivity contribution is -0.120. The van der Waals surface area contributed by atoms with E-state index in [-0.39, 0.29) is 23.3 Å². The Hall–Kier alpha value is -3.06. The van der Waals surface area contributed by atoms with Crippen LogP contribution in [-0.2, 0) is 11.2 Å². The van der Waals surface area contributed by atoms with Gasteiger partial charge in [-0.2, -0.15) is 0 Å². The van der Waals surface area contributed by atoms with Gasteiger partial charge in [-0.25, -0.2) is 0 Å². The van der Waals surface area contributed by atoms with Crippen LogP contribution in [0.25, 0.3) is 22.5 Å². The van der Waals surface area contributed by atoms with Crippen LogP contribution in [0.3, 0.4) is 0 Å². The van der Waals surface area contributed by atoms with Gasteiger partial charge >= 0.3 is 0 Å². The summed E-state index contributed by atoms with van der Waals surface area (Å²) in [5.41, 5.74) is 1.60. The van der Waals surface area contributed by atoms with E-state index in [1.165, 1.54) is 44.8 Å². The number of aryl methyl sites for hydroxylation is 1. The zero-order chi connectivity index (χ0) is 23.7. The fourth-order valence-electron chi connectivity index (χ4n) is 5.58. The number of fused-ring (bicyclic) bond motifs is 2. The molecule has 0 aliphatic carbocycles. The summed E-state index contributed by atoms with van der Waals surface area (Å²) in [4.78, 5) is 28.3. The molecule has 5 rings (SSSR count). The standard InChI is InChI=1S/C27H32N2O5/c1-17-14-23(30)27-26(33-17)21(25(34-27)18-8-10-20(32-2)11-9-18)15-24(31)28-16-19-6-5-13-29-12-4-3-7-22(19)29/h8-11,14,19,22H,3-7,12-13,15-16H2,1-2H3,(H,28,31). The molecule has 2 aliphatic rings. The maximum Gasteiger partial charge on any atom is 0.228 e. The molecule has 4 heterocycles. The van der Waals surface area contributed by atoms with Gasteiger partial charge in [0.1, 0.15) is 17.3 Å². The minimum Gasteiger partial charge on any atom is -0.497 e. The third kappa shape index (κ3) is 4.49. The summed E-state index contributed by atoms with van der Waals surface area (Å²) in [6, 6.07) is 9.35. The summed E-state index contributed by atoms with van der Waals surface area (Å²) in [7, 11) is 1.61. The molecule has 2 saturated heterocycles. The average Bonchev–Trinajstić information content (AvgIpc) is 3.21. The molecule has 0 spiro atoms. The third-order valence-corrected chi connectivity index (χ3v) is 7.26. The maximum atomic E-state index is 13.1. The molecule has 180 valence electrons. The number of carbonyl (C=O) groups is 1. The van der Waals surface area contributed by atoms with E-state index in [1.54, 1.807) is 14.0 Å². The molecule has 34 heavy (non-hydrogen) atoms. The highest BCUT2D eigenvalue weighted by atomic mass is 16.5. The summed E-state index contributed by atoms with van der Waals surface area (Å²) in [5, 5.41) is 3.17. The first-order valence-corrected chi connectivity index (χ1v) is 12.2. The molecule has 2 aromatic heterocycles. The van der Waals surface area contributed by atoms with Crippen LogP contribution < -0.4 is 15.5 Å². The van der Waals surface area contributed by atoms with Gasteiger partial charge in [0.15, 0.2) is 5.58 Å². The van der Waals surface area contributed by atoms with Crippen LogP contribution in [0.15, 0.2) is 44.0 Å². The lowest BCUT2D eigenvalue weighted by atomic mass is 9.83. The molecular formula is C27H32N2O5. The number of nitrogens with one attached hydrogen (secondary N) is 1. The minimum absolute atomic E-state index is 0.0852. The topological polar surface area (TPSA) is 84.9 Å². The van der Waals surface area contributed by atoms with Crippen molar-refractivity contribution in [1.29, 1.82) is 0 Å². The van der Waals surface area contributed by atoms with Crippen LogP contribution in [0, 0.1) is 12.8 Å². The molecule has 2 unspecified atom stereocenters. The summed E-state index contributed by atoms with van der Waals surface area (Å²) >= 11 is 0. The van der Waals surface area contributed by atoms with Crippen molar-refractivity contribution in [3.05, 3.63) is 51.9 Å². The van der Waals surface area contributed by atoms with Crippen molar-refractivity contribution in [1.82, 2.24) is 10.2 Å². The fourth-order valence-corrected chi connectivity index (χ4v) is 5.58. The number of furan rings is 1. The van der Waals surface area contributed by atoms with E-state index < -0.39 is 0 Å². The molecule has 2 atom stereocenters. The van der Waals surface area contributed by atoms with Crippen molar-refractivity contribution in [3.63, 3.8) is 0 Å². The number of rotatable bonds is 6. The van der Waals surface area contributed by atoms with Crippen LogP contribution in [0.1, 0.15) is 43.4 Å². The lowest BCUT2D eigenvalue weighted by Crippen LogP contribution is -2.51. The maximum absolute atomic E-state index is 13.1. The Morgan fingerprint density at radius 3 is 2.68 bits per heavy atom. The van der Waals surface area contributed by atoms with Crippen molar-refractivity contribution in [3.8, 4) is 17.1 Å². The van der Waals surface area contributed by atoms with Gasteiger partial charge in [0.2, 0.25) is 16.9 Å². The largest absolute Gasteiger partial charge is 0.497 e. The number of hydrogen-bond donors (Lipinski definition) is 1. The second-order valence-electron chi connectivity index (χ2n) is 9.50. The number of nitrogens with zero attached hydrogens (tertiary/aromatic N) is 1. The molecule has 0 saturated carbocycles. The molecule has 0 radical (unpaired) electrons. The van der Waals surface area contributed by atoms with Crippen LogP contribution >= 0.6 is 0 Å². The quantitative estimate of drug-likeness (QED) is 0.586. The number of hydrogen-bond acceptors (Lipinski definition) is 6. The van der Waals surface area contributed by atoms with Gasteiger partial charge in [0.05, 0.1) is 19.1 Å². The zero-order valence-corrected chi connectivity index (χ0v) is 19.9. The SMILES string of the molecule is COc1ccc(-c2oc3c(=O)cc(C)oc3c2CC(=O)NCC2CCCN3CCCCC23)cc1. The van der Waals surface area contributed by atoms with Crippen LogP contribution in [-0.4, -0.2) is 43.6 Å². The van der Waals surface area contributed by atoms with Gasteiger partial charge in [-0.1, -0.05) is 6.42 Å². The number of ether oxygens (including phenoxy) is 1. The predicted molar refractivity (Wildman–Crippen MR) is 130 cm³/mol. The Morgan fingerprint density at radius 1 is 1.09 bits per heavy atom. The van der Waals surface area contributed by atoms with E-state index in [0.29, 0.717) is 46.9 Å². The van der Waals surface area contributed by atoms with Crippen molar-refractivity contribution in [2.24, 2.45) is 5.92 Å². The Bertz CT molecular complexity index is 1220. The van der Waals surface area contributed by atoms with Crippen LogP contribution in [0.4, 0.5) is 0 Å². The van der Waals surface area contributed by atoms with Gasteiger partial charge in [-0.15, -0.1) is 0 Å². The monoisotopic (exact) mass is 464 g/mol. The predicted octanol–water partition coefficient (Wildman–Crippen LogP) is 4.29. The molecular weight excluding hydrogens is 432 g/mol. The molecule has 0 bridgehead atoms. The summed E-state index contributed by atoms with van der Waals surface area (Å²) in [6.45, 7) is 4.76. The molecule has 1 N–H and O–H groups in total. The molecule has 7 heteroatoms.